The molecule has 3 nitrogen and oxygen atoms in total. The van der Waals surface area contributed by atoms with Crippen LogP contribution in [-0.4, -0.2) is 47.8 Å². The summed E-state index contributed by atoms with van der Waals surface area (Å²) in [5, 5.41) is 13.4. The second-order valence-corrected chi connectivity index (χ2v) is 6.25. The van der Waals surface area contributed by atoms with Crippen molar-refractivity contribution in [1.29, 1.82) is 0 Å². The highest BCUT2D eigenvalue weighted by molar-refractivity contribution is 4.99. The smallest absolute Gasteiger partial charge is 0.0616 e. The summed E-state index contributed by atoms with van der Waals surface area (Å²) >= 11 is 0. The minimum absolute atomic E-state index is 0.0255. The Balaban J connectivity index is 1.87. The first kappa shape index (κ1) is 14.3. The lowest BCUT2D eigenvalue weighted by Gasteiger charge is -2.36. The molecule has 0 radical (unpaired) electrons. The molecule has 3 atom stereocenters. The highest BCUT2D eigenvalue weighted by atomic mass is 16.3. The van der Waals surface area contributed by atoms with Crippen LogP contribution < -0.4 is 5.32 Å². The fourth-order valence-electron chi connectivity index (χ4n) is 4.06. The molecular formula is C15H30N2O. The van der Waals surface area contributed by atoms with Crippen molar-refractivity contribution in [3.63, 3.8) is 0 Å². The first-order valence-electron chi connectivity index (χ1n) is 7.82. The zero-order valence-corrected chi connectivity index (χ0v) is 12.1. The molecule has 2 rings (SSSR count). The van der Waals surface area contributed by atoms with E-state index in [1.165, 1.54) is 45.2 Å². The highest BCUT2D eigenvalue weighted by Gasteiger charge is 2.41. The quantitative estimate of drug-likeness (QED) is 0.761. The summed E-state index contributed by atoms with van der Waals surface area (Å²) in [6.07, 6.45) is 7.69. The Hall–Kier alpha value is -0.120. The maximum Gasteiger partial charge on any atom is 0.0616 e. The van der Waals surface area contributed by atoms with E-state index in [4.69, 9.17) is 0 Å². The van der Waals surface area contributed by atoms with Crippen molar-refractivity contribution in [2.24, 2.45) is 5.92 Å². The molecule has 0 aromatic heterocycles. The molecule has 1 saturated carbocycles. The zero-order chi connectivity index (χ0) is 13.0. The fraction of sp³-hybridized carbons (Fsp3) is 1.00. The van der Waals surface area contributed by atoms with Gasteiger partial charge in [0.1, 0.15) is 0 Å². The van der Waals surface area contributed by atoms with Gasteiger partial charge in [-0.05, 0) is 64.6 Å². The normalized spacial score (nSPS) is 37.5. The maximum atomic E-state index is 9.79. The Morgan fingerprint density at radius 3 is 2.78 bits per heavy atom. The summed E-state index contributed by atoms with van der Waals surface area (Å²) in [7, 11) is 0. The third-order valence-corrected chi connectivity index (χ3v) is 5.22. The zero-order valence-electron chi connectivity index (χ0n) is 12.1. The molecule has 0 aromatic carbocycles. The van der Waals surface area contributed by atoms with Gasteiger partial charge in [0, 0.05) is 11.6 Å². The number of nitrogens with one attached hydrogen (secondary N) is 1. The third kappa shape index (κ3) is 2.89. The van der Waals surface area contributed by atoms with Crippen molar-refractivity contribution in [3.8, 4) is 0 Å². The van der Waals surface area contributed by atoms with E-state index in [0.29, 0.717) is 12.5 Å². The largest absolute Gasteiger partial charge is 0.394 e. The number of hydrogen-bond acceptors (Lipinski definition) is 3. The van der Waals surface area contributed by atoms with E-state index >= 15 is 0 Å². The Morgan fingerprint density at radius 1 is 1.33 bits per heavy atom. The molecule has 2 N–H and O–H groups in total. The number of nitrogens with zero attached hydrogens (tertiary/aromatic N) is 1. The van der Waals surface area contributed by atoms with Gasteiger partial charge in [-0.25, -0.2) is 0 Å². The van der Waals surface area contributed by atoms with Gasteiger partial charge < -0.3 is 15.3 Å². The molecule has 106 valence electrons. The molecular weight excluding hydrogens is 224 g/mol. The molecule has 3 heteroatoms. The van der Waals surface area contributed by atoms with E-state index in [1.54, 1.807) is 0 Å². The van der Waals surface area contributed by atoms with Gasteiger partial charge in [0.25, 0.3) is 0 Å². The number of rotatable bonds is 6. The van der Waals surface area contributed by atoms with Crippen LogP contribution in [0.1, 0.15) is 52.4 Å². The van der Waals surface area contributed by atoms with Crippen molar-refractivity contribution in [1.82, 2.24) is 10.2 Å². The van der Waals surface area contributed by atoms with Crippen LogP contribution in [-0.2, 0) is 0 Å². The van der Waals surface area contributed by atoms with Crippen LogP contribution in [0.25, 0.3) is 0 Å². The SMILES string of the molecule is CCNC1(CO)CCCC1CCN1CCCC1C. The predicted molar refractivity (Wildman–Crippen MR) is 75.7 cm³/mol. The summed E-state index contributed by atoms with van der Waals surface area (Å²) in [5.41, 5.74) is 0.0255. The number of likely N-dealkylation sites (tertiary alicyclic amines) is 1. The average molecular weight is 254 g/mol. The van der Waals surface area contributed by atoms with Crippen LogP contribution in [0.15, 0.2) is 0 Å². The Morgan fingerprint density at radius 2 is 2.17 bits per heavy atom. The Labute approximate surface area is 112 Å². The topological polar surface area (TPSA) is 35.5 Å². The van der Waals surface area contributed by atoms with Gasteiger partial charge in [0.2, 0.25) is 0 Å². The van der Waals surface area contributed by atoms with E-state index in [2.05, 4.69) is 24.1 Å². The van der Waals surface area contributed by atoms with Crippen LogP contribution in [0, 0.1) is 5.92 Å². The number of aliphatic hydroxyl groups excluding tert-OH is 1. The average Bonchev–Trinajstić information content (AvgIpc) is 2.94. The third-order valence-electron chi connectivity index (χ3n) is 5.22. The highest BCUT2D eigenvalue weighted by Crippen LogP contribution is 2.38. The lowest BCUT2D eigenvalue weighted by atomic mass is 9.85. The second kappa shape index (κ2) is 6.36. The van der Waals surface area contributed by atoms with Crippen LogP contribution in [0.2, 0.25) is 0 Å². The van der Waals surface area contributed by atoms with Gasteiger partial charge in [-0.3, -0.25) is 0 Å². The van der Waals surface area contributed by atoms with E-state index in [0.717, 1.165) is 19.0 Å². The molecule has 18 heavy (non-hydrogen) atoms. The standard InChI is InChI=1S/C15H30N2O/c1-3-16-15(12-18)9-4-7-14(15)8-11-17-10-5-6-13(17)2/h13-14,16,18H,3-12H2,1-2H3. The first-order chi connectivity index (χ1) is 8.72. The molecule has 1 heterocycles. The van der Waals surface area contributed by atoms with Crippen molar-refractivity contribution in [3.05, 3.63) is 0 Å². The monoisotopic (exact) mass is 254 g/mol. The molecule has 0 bridgehead atoms. The van der Waals surface area contributed by atoms with Gasteiger partial charge in [0.15, 0.2) is 0 Å². The fourth-order valence-corrected chi connectivity index (χ4v) is 4.06. The molecule has 2 fully saturated rings. The van der Waals surface area contributed by atoms with Crippen molar-refractivity contribution < 1.29 is 5.11 Å². The van der Waals surface area contributed by atoms with Crippen LogP contribution in [0.3, 0.4) is 0 Å². The van der Waals surface area contributed by atoms with Gasteiger partial charge >= 0.3 is 0 Å². The van der Waals surface area contributed by atoms with E-state index in [1.807, 2.05) is 0 Å². The Bertz CT molecular complexity index is 259. The van der Waals surface area contributed by atoms with Gasteiger partial charge in [0.05, 0.1) is 6.61 Å². The van der Waals surface area contributed by atoms with E-state index < -0.39 is 0 Å². The molecule has 0 aromatic rings. The molecule has 0 spiro atoms. The second-order valence-electron chi connectivity index (χ2n) is 6.25. The molecule has 2 aliphatic rings. The van der Waals surface area contributed by atoms with E-state index in [9.17, 15) is 5.11 Å². The molecule has 1 saturated heterocycles. The Kier molecular flexibility index (Phi) is 5.05. The van der Waals surface area contributed by atoms with Crippen molar-refractivity contribution in [2.45, 2.75) is 64.0 Å². The van der Waals surface area contributed by atoms with Crippen LogP contribution in [0.4, 0.5) is 0 Å². The number of hydrogen-bond donors (Lipinski definition) is 2. The summed E-state index contributed by atoms with van der Waals surface area (Å²) in [4.78, 5) is 2.63. The van der Waals surface area contributed by atoms with Gasteiger partial charge in [-0.1, -0.05) is 13.3 Å². The van der Waals surface area contributed by atoms with E-state index in [-0.39, 0.29) is 5.54 Å². The molecule has 1 aliphatic heterocycles. The molecule has 3 unspecified atom stereocenters. The minimum Gasteiger partial charge on any atom is -0.394 e. The first-order valence-corrected chi connectivity index (χ1v) is 7.82. The van der Waals surface area contributed by atoms with Crippen LogP contribution in [0.5, 0.6) is 0 Å². The van der Waals surface area contributed by atoms with Crippen molar-refractivity contribution >= 4 is 0 Å². The summed E-state index contributed by atoms with van der Waals surface area (Å²) in [6, 6.07) is 0.772. The van der Waals surface area contributed by atoms with Crippen LogP contribution >= 0.6 is 0 Å². The van der Waals surface area contributed by atoms with Gasteiger partial charge in [-0.15, -0.1) is 0 Å². The summed E-state index contributed by atoms with van der Waals surface area (Å²) in [5.74, 6) is 0.662. The molecule has 0 amide bonds. The molecule has 1 aliphatic carbocycles. The van der Waals surface area contributed by atoms with Crippen molar-refractivity contribution in [2.75, 3.05) is 26.2 Å². The number of likely N-dealkylation sites (N-methyl/N-ethyl adjacent to an activating group) is 1. The minimum atomic E-state index is 0.0255. The predicted octanol–water partition coefficient (Wildman–Crippen LogP) is 2.00. The lowest BCUT2D eigenvalue weighted by molar-refractivity contribution is 0.112. The maximum absolute atomic E-state index is 9.79. The summed E-state index contributed by atoms with van der Waals surface area (Å²) < 4.78 is 0. The number of aliphatic hydroxyl groups is 1. The summed E-state index contributed by atoms with van der Waals surface area (Å²) in [6.45, 7) is 8.28. The lowest BCUT2D eigenvalue weighted by Crippen LogP contribution is -2.52. The van der Waals surface area contributed by atoms with Gasteiger partial charge in [-0.2, -0.15) is 0 Å².